The van der Waals surface area contributed by atoms with Crippen LogP contribution in [0.15, 0.2) is 28.9 Å². The summed E-state index contributed by atoms with van der Waals surface area (Å²) in [7, 11) is 0. The van der Waals surface area contributed by atoms with Crippen LogP contribution in [0.25, 0.3) is 0 Å². The van der Waals surface area contributed by atoms with E-state index in [1.54, 1.807) is 18.3 Å². The van der Waals surface area contributed by atoms with Crippen molar-refractivity contribution in [3.63, 3.8) is 0 Å². The zero-order chi connectivity index (χ0) is 17.0. The molecule has 0 aliphatic heterocycles. The van der Waals surface area contributed by atoms with Crippen molar-refractivity contribution in [2.75, 3.05) is 0 Å². The molecular formula is C17H22N2O4. The molecule has 0 saturated carbocycles. The molecule has 0 bridgehead atoms. The number of carbonyl (C=O) groups excluding carboxylic acids is 1. The maximum Gasteiger partial charge on any atom is 0.361 e. The van der Waals surface area contributed by atoms with E-state index in [4.69, 9.17) is 13.9 Å². The van der Waals surface area contributed by atoms with Crippen LogP contribution in [-0.2, 0) is 16.8 Å². The molecule has 6 heteroatoms. The molecule has 0 aliphatic rings. The van der Waals surface area contributed by atoms with Crippen molar-refractivity contribution >= 4 is 5.97 Å². The number of nitrogens with zero attached hydrogens (tertiary/aromatic N) is 2. The Morgan fingerprint density at radius 3 is 2.65 bits per heavy atom. The highest BCUT2D eigenvalue weighted by atomic mass is 16.5. The topological polar surface area (TPSA) is 74.5 Å². The van der Waals surface area contributed by atoms with E-state index in [1.165, 1.54) is 6.20 Å². The number of esters is 1. The average molecular weight is 318 g/mol. The summed E-state index contributed by atoms with van der Waals surface area (Å²) < 4.78 is 16.4. The maximum atomic E-state index is 12.2. The maximum absolute atomic E-state index is 12.2. The second-order valence-corrected chi connectivity index (χ2v) is 6.46. The molecule has 2 aromatic heterocycles. The molecule has 0 N–H and O–H groups in total. The molecule has 0 aromatic carbocycles. The first kappa shape index (κ1) is 17.0. The summed E-state index contributed by atoms with van der Waals surface area (Å²) in [4.78, 5) is 20.4. The molecular weight excluding hydrogens is 296 g/mol. The summed E-state index contributed by atoms with van der Waals surface area (Å²) in [5, 5.41) is 0. The van der Waals surface area contributed by atoms with Crippen LogP contribution in [0.1, 0.15) is 56.8 Å². The van der Waals surface area contributed by atoms with E-state index in [-0.39, 0.29) is 23.8 Å². The standard InChI is InChI=1S/C17H22N2O4/c1-11(2)22-12-7-6-8-18-15(12)16(20)21-10-14-19-9-13(23-14)17(3,4)5/h6-9,11H,10H2,1-5H3. The third-order valence-electron chi connectivity index (χ3n) is 2.95. The van der Waals surface area contributed by atoms with Crippen molar-refractivity contribution in [3.05, 3.63) is 41.9 Å². The summed E-state index contributed by atoms with van der Waals surface area (Å²) in [6.07, 6.45) is 3.11. The molecule has 0 unspecified atom stereocenters. The van der Waals surface area contributed by atoms with Gasteiger partial charge >= 0.3 is 5.97 Å². The lowest BCUT2D eigenvalue weighted by Crippen LogP contribution is -2.13. The van der Waals surface area contributed by atoms with Crippen LogP contribution in [0.4, 0.5) is 0 Å². The Bertz CT molecular complexity index is 671. The second-order valence-electron chi connectivity index (χ2n) is 6.46. The van der Waals surface area contributed by atoms with Gasteiger partial charge in [0.1, 0.15) is 5.76 Å². The van der Waals surface area contributed by atoms with E-state index in [0.29, 0.717) is 11.6 Å². The van der Waals surface area contributed by atoms with Crippen LogP contribution in [0, 0.1) is 0 Å². The van der Waals surface area contributed by atoms with Gasteiger partial charge in [-0.15, -0.1) is 0 Å². The summed E-state index contributed by atoms with van der Waals surface area (Å²) >= 11 is 0. The van der Waals surface area contributed by atoms with Crippen LogP contribution in [0.3, 0.4) is 0 Å². The Labute approximate surface area is 135 Å². The molecule has 124 valence electrons. The minimum atomic E-state index is -0.572. The predicted octanol–water partition coefficient (Wildman–Crippen LogP) is 3.51. The average Bonchev–Trinajstić information content (AvgIpc) is 2.93. The monoisotopic (exact) mass is 318 g/mol. The van der Waals surface area contributed by atoms with E-state index in [0.717, 1.165) is 5.76 Å². The molecule has 0 spiro atoms. The highest BCUT2D eigenvalue weighted by Gasteiger charge is 2.21. The normalized spacial score (nSPS) is 11.6. The Hall–Kier alpha value is -2.37. The molecule has 2 rings (SSSR count). The van der Waals surface area contributed by atoms with Crippen molar-refractivity contribution in [2.24, 2.45) is 0 Å². The molecule has 6 nitrogen and oxygen atoms in total. The second kappa shape index (κ2) is 6.81. The summed E-state index contributed by atoms with van der Waals surface area (Å²) in [6, 6.07) is 3.39. The fourth-order valence-electron chi connectivity index (χ4n) is 1.81. The lowest BCUT2D eigenvalue weighted by atomic mass is 9.94. The van der Waals surface area contributed by atoms with Gasteiger partial charge in [-0.25, -0.2) is 14.8 Å². The number of carbonyl (C=O) groups is 1. The number of aromatic nitrogens is 2. The van der Waals surface area contributed by atoms with Crippen LogP contribution in [0.5, 0.6) is 5.75 Å². The highest BCUT2D eigenvalue weighted by Crippen LogP contribution is 2.23. The van der Waals surface area contributed by atoms with Crippen LogP contribution < -0.4 is 4.74 Å². The van der Waals surface area contributed by atoms with Crippen LogP contribution in [0.2, 0.25) is 0 Å². The van der Waals surface area contributed by atoms with Gasteiger partial charge in [-0.05, 0) is 26.0 Å². The Kier molecular flexibility index (Phi) is 5.03. The quantitative estimate of drug-likeness (QED) is 0.785. The van der Waals surface area contributed by atoms with Crippen molar-refractivity contribution < 1.29 is 18.7 Å². The Balaban J connectivity index is 2.04. The van der Waals surface area contributed by atoms with Gasteiger partial charge in [-0.3, -0.25) is 0 Å². The number of ether oxygens (including phenoxy) is 2. The first-order chi connectivity index (χ1) is 10.8. The van der Waals surface area contributed by atoms with Crippen LogP contribution >= 0.6 is 0 Å². The van der Waals surface area contributed by atoms with Gasteiger partial charge in [0.05, 0.1) is 12.3 Å². The molecule has 2 aromatic rings. The lowest BCUT2D eigenvalue weighted by Gasteiger charge is -2.13. The molecule has 2 heterocycles. The summed E-state index contributed by atoms with van der Waals surface area (Å²) in [6.45, 7) is 9.77. The summed E-state index contributed by atoms with van der Waals surface area (Å²) in [5.74, 6) is 0.919. The zero-order valence-corrected chi connectivity index (χ0v) is 14.1. The molecule has 0 fully saturated rings. The van der Waals surface area contributed by atoms with Crippen molar-refractivity contribution in [2.45, 2.75) is 52.7 Å². The van der Waals surface area contributed by atoms with Crippen molar-refractivity contribution in [3.8, 4) is 5.75 Å². The van der Waals surface area contributed by atoms with Crippen molar-refractivity contribution in [1.29, 1.82) is 0 Å². The minimum absolute atomic E-state index is 0.0490. The molecule has 0 saturated heterocycles. The van der Waals surface area contributed by atoms with E-state index >= 15 is 0 Å². The smallest absolute Gasteiger partial charge is 0.361 e. The van der Waals surface area contributed by atoms with Gasteiger partial charge < -0.3 is 13.9 Å². The Morgan fingerprint density at radius 1 is 1.30 bits per heavy atom. The number of rotatable bonds is 5. The largest absolute Gasteiger partial charge is 0.488 e. The predicted molar refractivity (Wildman–Crippen MR) is 84.3 cm³/mol. The minimum Gasteiger partial charge on any atom is -0.488 e. The molecule has 0 atom stereocenters. The molecule has 0 aliphatic carbocycles. The van der Waals surface area contributed by atoms with Gasteiger partial charge in [-0.2, -0.15) is 0 Å². The fraction of sp³-hybridized carbons (Fsp3) is 0.471. The number of hydrogen-bond acceptors (Lipinski definition) is 6. The first-order valence-electron chi connectivity index (χ1n) is 7.51. The molecule has 0 radical (unpaired) electrons. The van der Waals surface area contributed by atoms with E-state index < -0.39 is 5.97 Å². The number of pyridine rings is 1. The highest BCUT2D eigenvalue weighted by molar-refractivity contribution is 5.90. The van der Waals surface area contributed by atoms with Crippen molar-refractivity contribution in [1.82, 2.24) is 9.97 Å². The molecule has 0 amide bonds. The fourth-order valence-corrected chi connectivity index (χ4v) is 1.81. The summed E-state index contributed by atoms with van der Waals surface area (Å²) in [5.41, 5.74) is -0.00192. The number of oxazole rings is 1. The number of hydrogen-bond donors (Lipinski definition) is 0. The Morgan fingerprint density at radius 2 is 2.04 bits per heavy atom. The SMILES string of the molecule is CC(C)Oc1cccnc1C(=O)OCc1ncc(C(C)(C)C)o1. The van der Waals surface area contributed by atoms with Gasteiger partial charge in [0.15, 0.2) is 18.1 Å². The van der Waals surface area contributed by atoms with Gasteiger partial charge in [0.25, 0.3) is 0 Å². The zero-order valence-electron chi connectivity index (χ0n) is 14.1. The third-order valence-corrected chi connectivity index (χ3v) is 2.95. The molecule has 23 heavy (non-hydrogen) atoms. The first-order valence-corrected chi connectivity index (χ1v) is 7.51. The van der Waals surface area contributed by atoms with E-state index in [9.17, 15) is 4.79 Å². The van der Waals surface area contributed by atoms with Crippen LogP contribution in [-0.4, -0.2) is 22.0 Å². The lowest BCUT2D eigenvalue weighted by molar-refractivity contribution is 0.0421. The van der Waals surface area contributed by atoms with Gasteiger partial charge in [0, 0.05) is 11.6 Å². The van der Waals surface area contributed by atoms with Gasteiger partial charge in [0.2, 0.25) is 5.89 Å². The van der Waals surface area contributed by atoms with E-state index in [2.05, 4.69) is 9.97 Å². The third kappa shape index (κ3) is 4.55. The van der Waals surface area contributed by atoms with Gasteiger partial charge in [-0.1, -0.05) is 20.8 Å². The van der Waals surface area contributed by atoms with E-state index in [1.807, 2.05) is 34.6 Å².